The number of aliphatic hydroxyl groups is 1. The monoisotopic (exact) mass is 391 g/mol. The van der Waals surface area contributed by atoms with Crippen LogP contribution < -0.4 is 5.32 Å². The molecule has 2 aromatic carbocycles. The highest BCUT2D eigenvalue weighted by Gasteiger charge is 2.11. The van der Waals surface area contributed by atoms with Gasteiger partial charge in [0.25, 0.3) is 0 Å². The van der Waals surface area contributed by atoms with Gasteiger partial charge in [-0.2, -0.15) is 0 Å². The Labute approximate surface area is 150 Å². The molecule has 5 heteroatoms. The zero-order chi connectivity index (χ0) is 17.5. The van der Waals surface area contributed by atoms with Crippen LogP contribution in [0, 0.1) is 12.8 Å². The van der Waals surface area contributed by atoms with Crippen molar-refractivity contribution in [1.82, 2.24) is 5.32 Å². The molecule has 2 rings (SSSR count). The number of aliphatic hydroxyl groups excluding tert-OH is 1. The van der Waals surface area contributed by atoms with E-state index in [2.05, 4.69) is 34.2 Å². The number of carboxylic acids is 1. The highest BCUT2D eigenvalue weighted by Crippen LogP contribution is 2.21. The van der Waals surface area contributed by atoms with Crippen LogP contribution in [0.5, 0.6) is 0 Å². The fraction of sp³-hybridized carbons (Fsp3) is 0.316. The molecule has 0 amide bonds. The van der Waals surface area contributed by atoms with Crippen LogP contribution in [0.2, 0.25) is 0 Å². The molecule has 0 fully saturated rings. The lowest BCUT2D eigenvalue weighted by Gasteiger charge is -2.17. The summed E-state index contributed by atoms with van der Waals surface area (Å²) in [5.41, 5.74) is 3.75. The molecule has 4 nitrogen and oxygen atoms in total. The van der Waals surface area contributed by atoms with Crippen molar-refractivity contribution >= 4 is 21.9 Å². The van der Waals surface area contributed by atoms with Gasteiger partial charge in [0.05, 0.1) is 5.56 Å². The Morgan fingerprint density at radius 2 is 1.92 bits per heavy atom. The molecule has 1 unspecified atom stereocenters. The minimum Gasteiger partial charge on any atom is -0.478 e. The Kier molecular flexibility index (Phi) is 6.97. The maximum Gasteiger partial charge on any atom is 0.335 e. The number of aromatic carboxylic acids is 1. The largest absolute Gasteiger partial charge is 0.478 e. The van der Waals surface area contributed by atoms with Crippen molar-refractivity contribution in [3.63, 3.8) is 0 Å². The molecule has 0 bridgehead atoms. The summed E-state index contributed by atoms with van der Waals surface area (Å²) in [4.78, 5) is 10.8. The maximum absolute atomic E-state index is 10.8. The fourth-order valence-corrected chi connectivity index (χ4v) is 2.98. The Morgan fingerprint density at radius 1 is 1.21 bits per heavy atom. The molecule has 24 heavy (non-hydrogen) atoms. The lowest BCUT2D eigenvalue weighted by atomic mass is 9.96. The first-order valence-corrected chi connectivity index (χ1v) is 8.68. The van der Waals surface area contributed by atoms with Gasteiger partial charge in [0, 0.05) is 24.2 Å². The van der Waals surface area contributed by atoms with E-state index in [1.54, 1.807) is 12.1 Å². The molecule has 0 aliphatic rings. The standard InChI is InChI=1S/C19H22BrNO3/c1-13-17(3-2-4-18(13)20)9-15(12-22)11-21-10-14-5-7-16(8-6-14)19(23)24/h2-8,15,21-22H,9-12H2,1H3,(H,23,24). The van der Waals surface area contributed by atoms with E-state index in [1.165, 1.54) is 11.1 Å². The molecule has 0 aromatic heterocycles. The highest BCUT2D eigenvalue weighted by molar-refractivity contribution is 9.10. The first-order chi connectivity index (χ1) is 11.5. The third-order valence-electron chi connectivity index (χ3n) is 4.11. The van der Waals surface area contributed by atoms with Crippen LogP contribution in [-0.2, 0) is 13.0 Å². The van der Waals surface area contributed by atoms with E-state index in [0.29, 0.717) is 13.1 Å². The summed E-state index contributed by atoms with van der Waals surface area (Å²) in [7, 11) is 0. The molecule has 128 valence electrons. The number of rotatable bonds is 8. The summed E-state index contributed by atoms with van der Waals surface area (Å²) in [6.07, 6.45) is 0.812. The van der Waals surface area contributed by atoms with Crippen LogP contribution >= 0.6 is 15.9 Å². The van der Waals surface area contributed by atoms with Crippen molar-refractivity contribution < 1.29 is 15.0 Å². The Balaban J connectivity index is 1.87. The van der Waals surface area contributed by atoms with Gasteiger partial charge in [-0.05, 0) is 54.2 Å². The molecule has 0 aliphatic heterocycles. The first kappa shape index (κ1) is 18.6. The summed E-state index contributed by atoms with van der Waals surface area (Å²) in [5, 5.41) is 21.9. The van der Waals surface area contributed by atoms with Crippen LogP contribution in [0.15, 0.2) is 46.9 Å². The third kappa shape index (κ3) is 5.16. The molecule has 0 aliphatic carbocycles. The van der Waals surface area contributed by atoms with Crippen molar-refractivity contribution in [2.24, 2.45) is 5.92 Å². The van der Waals surface area contributed by atoms with Crippen LogP contribution in [0.25, 0.3) is 0 Å². The lowest BCUT2D eigenvalue weighted by molar-refractivity contribution is 0.0697. The molecular formula is C19H22BrNO3. The fourth-order valence-electron chi connectivity index (χ4n) is 2.57. The molecule has 0 radical (unpaired) electrons. The number of hydrogen-bond acceptors (Lipinski definition) is 3. The molecule has 1 atom stereocenters. The summed E-state index contributed by atoms with van der Waals surface area (Å²) in [5.74, 6) is -0.782. The van der Waals surface area contributed by atoms with Crippen molar-refractivity contribution in [2.45, 2.75) is 19.9 Å². The van der Waals surface area contributed by atoms with Crippen molar-refractivity contribution in [2.75, 3.05) is 13.2 Å². The highest BCUT2D eigenvalue weighted by atomic mass is 79.9. The number of carboxylic acid groups (broad SMARTS) is 1. The molecule has 3 N–H and O–H groups in total. The van der Waals surface area contributed by atoms with Crippen LogP contribution in [-0.4, -0.2) is 29.3 Å². The third-order valence-corrected chi connectivity index (χ3v) is 4.97. The number of nitrogens with one attached hydrogen (secondary N) is 1. The molecule has 0 saturated heterocycles. The lowest BCUT2D eigenvalue weighted by Crippen LogP contribution is -2.26. The van der Waals surface area contributed by atoms with Crippen molar-refractivity contribution in [1.29, 1.82) is 0 Å². The number of halogens is 1. The van der Waals surface area contributed by atoms with E-state index in [1.807, 2.05) is 24.3 Å². The number of carbonyl (C=O) groups is 1. The van der Waals surface area contributed by atoms with Gasteiger partial charge in [-0.3, -0.25) is 0 Å². The van der Waals surface area contributed by atoms with Crippen LogP contribution in [0.4, 0.5) is 0 Å². The normalized spacial score (nSPS) is 12.1. The molecule has 0 spiro atoms. The minimum atomic E-state index is -0.917. The SMILES string of the molecule is Cc1c(Br)cccc1CC(CO)CNCc1ccc(C(=O)O)cc1. The van der Waals surface area contributed by atoms with E-state index < -0.39 is 5.97 Å². The quantitative estimate of drug-likeness (QED) is 0.644. The van der Waals surface area contributed by atoms with Crippen LogP contribution in [0.3, 0.4) is 0 Å². The summed E-state index contributed by atoms with van der Waals surface area (Å²) >= 11 is 3.54. The zero-order valence-corrected chi connectivity index (χ0v) is 15.2. The summed E-state index contributed by atoms with van der Waals surface area (Å²) < 4.78 is 1.09. The second-order valence-corrected chi connectivity index (χ2v) is 6.76. The number of hydrogen-bond donors (Lipinski definition) is 3. The Hall–Kier alpha value is -1.69. The Bertz CT molecular complexity index is 686. The second-order valence-electron chi connectivity index (χ2n) is 5.91. The smallest absolute Gasteiger partial charge is 0.335 e. The maximum atomic E-state index is 10.8. The van der Waals surface area contributed by atoms with Gasteiger partial charge in [-0.15, -0.1) is 0 Å². The second kappa shape index (κ2) is 8.97. The minimum absolute atomic E-state index is 0.122. The van der Waals surface area contributed by atoms with Gasteiger partial charge in [-0.1, -0.05) is 40.2 Å². The van der Waals surface area contributed by atoms with Gasteiger partial charge in [0.2, 0.25) is 0 Å². The summed E-state index contributed by atoms with van der Waals surface area (Å²) in [6.45, 7) is 3.54. The van der Waals surface area contributed by atoms with E-state index in [4.69, 9.17) is 5.11 Å². The Morgan fingerprint density at radius 3 is 2.54 bits per heavy atom. The van der Waals surface area contributed by atoms with Gasteiger partial charge in [0.1, 0.15) is 0 Å². The predicted octanol–water partition coefficient (Wildman–Crippen LogP) is 3.40. The molecular weight excluding hydrogens is 370 g/mol. The average Bonchev–Trinajstić information content (AvgIpc) is 2.58. The zero-order valence-electron chi connectivity index (χ0n) is 13.6. The number of benzene rings is 2. The van der Waals surface area contributed by atoms with Gasteiger partial charge in [0.15, 0.2) is 0 Å². The van der Waals surface area contributed by atoms with E-state index in [9.17, 15) is 9.90 Å². The average molecular weight is 392 g/mol. The van der Waals surface area contributed by atoms with Crippen molar-refractivity contribution in [3.8, 4) is 0 Å². The van der Waals surface area contributed by atoms with Crippen molar-refractivity contribution in [3.05, 3.63) is 69.2 Å². The predicted molar refractivity (Wildman–Crippen MR) is 98.3 cm³/mol. The van der Waals surface area contributed by atoms with E-state index in [-0.39, 0.29) is 18.1 Å². The molecule has 2 aromatic rings. The van der Waals surface area contributed by atoms with Crippen LogP contribution in [0.1, 0.15) is 27.0 Å². The summed E-state index contributed by atoms with van der Waals surface area (Å²) in [6, 6.07) is 12.9. The van der Waals surface area contributed by atoms with Gasteiger partial charge < -0.3 is 15.5 Å². The van der Waals surface area contributed by atoms with E-state index in [0.717, 1.165) is 16.5 Å². The van der Waals surface area contributed by atoms with E-state index >= 15 is 0 Å². The van der Waals surface area contributed by atoms with Gasteiger partial charge >= 0.3 is 5.97 Å². The van der Waals surface area contributed by atoms with Gasteiger partial charge in [-0.25, -0.2) is 4.79 Å². The topological polar surface area (TPSA) is 69.6 Å². The molecule has 0 heterocycles. The first-order valence-electron chi connectivity index (χ1n) is 7.89. The molecule has 0 saturated carbocycles.